The summed E-state index contributed by atoms with van der Waals surface area (Å²) in [6.45, 7) is 3.72. The fourth-order valence-corrected chi connectivity index (χ4v) is 1.96. The smallest absolute Gasteiger partial charge is 0.359 e. The molecule has 0 saturated heterocycles. The molecule has 1 heterocycles. The molecule has 9 nitrogen and oxygen atoms in total. The second kappa shape index (κ2) is 8.41. The van der Waals surface area contributed by atoms with Crippen molar-refractivity contribution in [3.63, 3.8) is 0 Å². The van der Waals surface area contributed by atoms with E-state index in [0.717, 1.165) is 25.7 Å². The number of nitrogens with zero attached hydrogens (tertiary/aromatic N) is 2. The molecule has 0 radical (unpaired) electrons. The second-order valence-corrected chi connectivity index (χ2v) is 5.92. The Hall–Kier alpha value is -2.71. The van der Waals surface area contributed by atoms with Gasteiger partial charge < -0.3 is 10.1 Å². The molecule has 2 rings (SSSR count). The largest absolute Gasteiger partial charge is 0.448 e. The Balaban J connectivity index is 1.92. The average molecular weight is 350 g/mol. The molecule has 136 valence electrons. The van der Waals surface area contributed by atoms with Crippen LogP contribution in [0, 0.1) is 0 Å². The Morgan fingerprint density at radius 2 is 2.08 bits per heavy atom. The number of ether oxygens (including phenoxy) is 1. The van der Waals surface area contributed by atoms with Gasteiger partial charge in [-0.25, -0.2) is 14.3 Å². The van der Waals surface area contributed by atoms with Gasteiger partial charge in [0, 0.05) is 18.7 Å². The number of aryl methyl sites for hydroxylation is 1. The van der Waals surface area contributed by atoms with E-state index in [0.29, 0.717) is 6.54 Å². The summed E-state index contributed by atoms with van der Waals surface area (Å²) in [5.74, 6) is -1.57. The summed E-state index contributed by atoms with van der Waals surface area (Å²) in [7, 11) is 0. The third kappa shape index (κ3) is 5.70. The van der Waals surface area contributed by atoms with Crippen molar-refractivity contribution in [2.24, 2.45) is 0 Å². The lowest BCUT2D eigenvalue weighted by Crippen LogP contribution is -2.45. The molecule has 1 aliphatic carbocycles. The third-order valence-corrected chi connectivity index (χ3v) is 3.60. The van der Waals surface area contributed by atoms with Crippen LogP contribution in [0.5, 0.6) is 0 Å². The molecule has 3 amide bonds. The minimum atomic E-state index is -1.17. The number of esters is 1. The Bertz CT molecular complexity index is 711. The zero-order valence-electron chi connectivity index (χ0n) is 14.3. The third-order valence-electron chi connectivity index (χ3n) is 3.60. The monoisotopic (exact) mass is 350 g/mol. The van der Waals surface area contributed by atoms with Crippen molar-refractivity contribution >= 4 is 17.9 Å². The first-order valence-electron chi connectivity index (χ1n) is 8.31. The van der Waals surface area contributed by atoms with Crippen LogP contribution in [0.2, 0.25) is 0 Å². The summed E-state index contributed by atoms with van der Waals surface area (Å²) in [6, 6.07) is 1.98. The number of hydrogen-bond acceptors (Lipinski definition) is 6. The lowest BCUT2D eigenvalue weighted by atomic mass is 10.3. The van der Waals surface area contributed by atoms with Gasteiger partial charge in [-0.1, -0.05) is 13.3 Å². The number of unbranched alkanes of at least 4 members (excludes halogenated alkanes) is 1. The number of rotatable bonds is 7. The molecule has 0 aliphatic heterocycles. The molecule has 1 aromatic heterocycles. The molecule has 1 unspecified atom stereocenters. The fraction of sp³-hybridized carbons (Fsp3) is 0.562. The Morgan fingerprint density at radius 1 is 1.36 bits per heavy atom. The average Bonchev–Trinajstić information content (AvgIpc) is 3.37. The van der Waals surface area contributed by atoms with E-state index < -0.39 is 24.0 Å². The predicted molar refractivity (Wildman–Crippen MR) is 88.0 cm³/mol. The number of amides is 3. The lowest BCUT2D eigenvalue weighted by Gasteiger charge is -2.13. The van der Waals surface area contributed by atoms with Crippen LogP contribution in [0.1, 0.15) is 50.0 Å². The fourth-order valence-electron chi connectivity index (χ4n) is 1.96. The van der Waals surface area contributed by atoms with Gasteiger partial charge in [-0.05, 0) is 32.3 Å². The van der Waals surface area contributed by atoms with Crippen LogP contribution in [0.25, 0.3) is 0 Å². The van der Waals surface area contributed by atoms with E-state index in [9.17, 15) is 19.2 Å². The van der Waals surface area contributed by atoms with Gasteiger partial charge in [0.05, 0.1) is 0 Å². The first kappa shape index (κ1) is 18.6. The maximum Gasteiger partial charge on any atom is 0.359 e. The van der Waals surface area contributed by atoms with Gasteiger partial charge in [0.2, 0.25) is 0 Å². The van der Waals surface area contributed by atoms with Gasteiger partial charge >= 0.3 is 12.0 Å². The Labute approximate surface area is 144 Å². The van der Waals surface area contributed by atoms with E-state index in [4.69, 9.17) is 4.74 Å². The molecular formula is C16H22N4O5. The summed E-state index contributed by atoms with van der Waals surface area (Å²) in [5, 5.41) is 8.66. The highest BCUT2D eigenvalue weighted by Crippen LogP contribution is 2.18. The van der Waals surface area contributed by atoms with Crippen LogP contribution in [0.3, 0.4) is 0 Å². The number of carbonyl (C=O) groups is 3. The van der Waals surface area contributed by atoms with E-state index >= 15 is 0 Å². The minimum Gasteiger partial charge on any atom is -0.448 e. The van der Waals surface area contributed by atoms with Crippen LogP contribution in [0.15, 0.2) is 16.9 Å². The van der Waals surface area contributed by atoms with Gasteiger partial charge in [0.25, 0.3) is 11.5 Å². The Morgan fingerprint density at radius 3 is 2.72 bits per heavy atom. The minimum absolute atomic E-state index is 0.0715. The molecule has 1 aliphatic rings. The number of aromatic nitrogens is 2. The van der Waals surface area contributed by atoms with Gasteiger partial charge in [-0.15, -0.1) is 0 Å². The highest BCUT2D eigenvalue weighted by molar-refractivity contribution is 5.98. The van der Waals surface area contributed by atoms with Crippen molar-refractivity contribution in [3.05, 3.63) is 28.2 Å². The number of nitrogens with one attached hydrogen (secondary N) is 2. The second-order valence-electron chi connectivity index (χ2n) is 5.92. The number of imide groups is 1. The normalized spacial score (nSPS) is 14.5. The van der Waals surface area contributed by atoms with Crippen molar-refractivity contribution in [1.82, 2.24) is 20.4 Å². The van der Waals surface area contributed by atoms with E-state index in [1.54, 1.807) is 0 Å². The number of carbonyl (C=O) groups excluding carboxylic acids is 3. The van der Waals surface area contributed by atoms with Crippen LogP contribution >= 0.6 is 0 Å². The molecule has 25 heavy (non-hydrogen) atoms. The molecule has 0 bridgehead atoms. The van der Waals surface area contributed by atoms with Gasteiger partial charge in [0.15, 0.2) is 11.8 Å². The van der Waals surface area contributed by atoms with Crippen LogP contribution in [-0.4, -0.2) is 39.8 Å². The van der Waals surface area contributed by atoms with Crippen molar-refractivity contribution in [2.75, 3.05) is 0 Å². The van der Waals surface area contributed by atoms with E-state index in [1.165, 1.54) is 23.7 Å². The highest BCUT2D eigenvalue weighted by Gasteiger charge is 2.26. The van der Waals surface area contributed by atoms with E-state index in [2.05, 4.69) is 15.7 Å². The Kier molecular flexibility index (Phi) is 6.26. The van der Waals surface area contributed by atoms with E-state index in [-0.39, 0.29) is 17.3 Å². The quantitative estimate of drug-likeness (QED) is 0.694. The zero-order valence-corrected chi connectivity index (χ0v) is 14.3. The standard InChI is InChI=1S/C16H22N4O5/c1-3-4-9-20-13(21)8-7-12(19-20)15(23)25-10(2)14(22)18-16(24)17-11-5-6-11/h7-8,10-11H,3-6,9H2,1-2H3,(H2,17,18,22,24). The van der Waals surface area contributed by atoms with Gasteiger partial charge in [-0.2, -0.15) is 5.10 Å². The zero-order chi connectivity index (χ0) is 18.4. The van der Waals surface area contributed by atoms with Crippen LogP contribution in [0.4, 0.5) is 4.79 Å². The maximum absolute atomic E-state index is 12.1. The summed E-state index contributed by atoms with van der Waals surface area (Å²) < 4.78 is 6.20. The molecule has 1 aromatic rings. The molecule has 9 heteroatoms. The van der Waals surface area contributed by atoms with Gasteiger partial charge in [0.1, 0.15) is 0 Å². The van der Waals surface area contributed by atoms with Gasteiger partial charge in [-0.3, -0.25) is 14.9 Å². The SMILES string of the molecule is CCCCn1nc(C(=O)OC(C)C(=O)NC(=O)NC2CC2)ccc1=O. The molecule has 0 aromatic carbocycles. The summed E-state index contributed by atoms with van der Waals surface area (Å²) in [4.78, 5) is 47.1. The molecule has 2 N–H and O–H groups in total. The lowest BCUT2D eigenvalue weighted by molar-refractivity contribution is -0.127. The summed E-state index contributed by atoms with van der Waals surface area (Å²) >= 11 is 0. The van der Waals surface area contributed by atoms with Crippen molar-refractivity contribution in [1.29, 1.82) is 0 Å². The first-order valence-corrected chi connectivity index (χ1v) is 8.31. The topological polar surface area (TPSA) is 119 Å². The molecule has 1 atom stereocenters. The predicted octanol–water partition coefficient (Wildman–Crippen LogP) is 0.577. The number of urea groups is 1. The van der Waals surface area contributed by atoms with E-state index in [1.807, 2.05) is 6.92 Å². The summed E-state index contributed by atoms with van der Waals surface area (Å²) in [5.41, 5.74) is -0.384. The number of hydrogen-bond donors (Lipinski definition) is 2. The molecule has 1 fully saturated rings. The molecule has 0 spiro atoms. The first-order chi connectivity index (χ1) is 11.9. The maximum atomic E-state index is 12.1. The van der Waals surface area contributed by atoms with Crippen LogP contribution < -0.4 is 16.2 Å². The highest BCUT2D eigenvalue weighted by atomic mass is 16.5. The van der Waals surface area contributed by atoms with Crippen molar-refractivity contribution in [2.45, 2.75) is 58.2 Å². The van der Waals surface area contributed by atoms with Crippen molar-refractivity contribution < 1.29 is 19.1 Å². The molecular weight excluding hydrogens is 328 g/mol. The molecule has 1 saturated carbocycles. The summed E-state index contributed by atoms with van der Waals surface area (Å²) in [6.07, 6.45) is 2.25. The van der Waals surface area contributed by atoms with Crippen molar-refractivity contribution in [3.8, 4) is 0 Å². The van der Waals surface area contributed by atoms with Crippen LogP contribution in [-0.2, 0) is 16.1 Å².